The number of carbonyl (C=O) groups excluding carboxylic acids is 2. The lowest BCUT2D eigenvalue weighted by atomic mass is 10.0. The van der Waals surface area contributed by atoms with E-state index in [4.69, 9.17) is 14.5 Å². The summed E-state index contributed by atoms with van der Waals surface area (Å²) in [5.41, 5.74) is 2.80. The molecule has 0 bridgehead atoms. The van der Waals surface area contributed by atoms with Gasteiger partial charge in [0.2, 0.25) is 11.9 Å². The maximum atomic E-state index is 13.9. The van der Waals surface area contributed by atoms with Crippen LogP contribution in [0.25, 0.3) is 0 Å². The summed E-state index contributed by atoms with van der Waals surface area (Å²) in [6.45, 7) is 5.62. The fourth-order valence-corrected chi connectivity index (χ4v) is 5.24. The molecule has 214 valence electrons. The van der Waals surface area contributed by atoms with E-state index in [0.29, 0.717) is 55.4 Å². The Morgan fingerprint density at radius 1 is 1.12 bits per heavy atom. The van der Waals surface area contributed by atoms with E-state index in [1.54, 1.807) is 36.4 Å². The van der Waals surface area contributed by atoms with Gasteiger partial charge < -0.3 is 25.0 Å². The number of rotatable bonds is 12. The number of hydrogen-bond acceptors (Lipinski definition) is 7. The average Bonchev–Trinajstić information content (AvgIpc) is 3.51. The molecule has 0 atom stereocenters. The number of aromatic nitrogens is 2. The molecule has 1 aromatic heterocycles. The molecule has 1 aliphatic heterocycles. The number of benzene rings is 2. The molecule has 3 aromatic rings. The maximum Gasteiger partial charge on any atom is 0.330 e. The third-order valence-corrected chi connectivity index (χ3v) is 7.38. The Labute approximate surface area is 240 Å². The van der Waals surface area contributed by atoms with Crippen LogP contribution in [0.2, 0.25) is 0 Å². The van der Waals surface area contributed by atoms with Gasteiger partial charge in [-0.1, -0.05) is 38.3 Å². The highest BCUT2D eigenvalue weighted by Crippen LogP contribution is 2.36. The van der Waals surface area contributed by atoms with Crippen molar-refractivity contribution in [3.63, 3.8) is 0 Å². The largest absolute Gasteiger partial charge is 0.491 e. The normalized spacial score (nSPS) is 15.0. The molecule has 5 rings (SSSR count). The van der Waals surface area contributed by atoms with E-state index in [-0.39, 0.29) is 11.9 Å². The Morgan fingerprint density at radius 2 is 1.93 bits per heavy atom. The highest BCUT2D eigenvalue weighted by molar-refractivity contribution is 6.03. The van der Waals surface area contributed by atoms with E-state index in [0.717, 1.165) is 23.4 Å². The highest BCUT2D eigenvalue weighted by atomic mass is 16.5. The van der Waals surface area contributed by atoms with E-state index in [1.165, 1.54) is 31.8 Å². The molecule has 2 aliphatic rings. The summed E-state index contributed by atoms with van der Waals surface area (Å²) in [4.78, 5) is 38.7. The topological polar surface area (TPSA) is 109 Å². The Morgan fingerprint density at radius 3 is 2.68 bits per heavy atom. The molecule has 1 fully saturated rings. The first-order valence-electron chi connectivity index (χ1n) is 14.0. The number of anilines is 5. The van der Waals surface area contributed by atoms with Gasteiger partial charge in [-0.25, -0.2) is 14.7 Å². The maximum absolute atomic E-state index is 13.9. The quantitative estimate of drug-likeness (QED) is 0.207. The van der Waals surface area contributed by atoms with Gasteiger partial charge in [0.05, 0.1) is 18.8 Å². The number of hydrogen-bond donors (Lipinski definition) is 2. The molecule has 10 heteroatoms. The van der Waals surface area contributed by atoms with Crippen LogP contribution in [0, 0.1) is 5.92 Å². The van der Waals surface area contributed by atoms with Gasteiger partial charge in [-0.2, -0.15) is 4.98 Å². The minimum atomic E-state index is -0.324. The van der Waals surface area contributed by atoms with Crippen LogP contribution in [-0.2, 0) is 16.1 Å². The van der Waals surface area contributed by atoms with E-state index >= 15 is 0 Å². The van der Waals surface area contributed by atoms with Crippen molar-refractivity contribution in [1.29, 1.82) is 0 Å². The molecule has 10 nitrogen and oxygen atoms in total. The molecule has 0 spiro atoms. The van der Waals surface area contributed by atoms with Crippen LogP contribution in [0.3, 0.4) is 0 Å². The summed E-state index contributed by atoms with van der Waals surface area (Å²) in [7, 11) is 1.63. The summed E-state index contributed by atoms with van der Waals surface area (Å²) in [5, 5.41) is 6.01. The molecular weight excluding hydrogens is 520 g/mol. The fraction of sp³-hybridized carbons (Fsp3) is 0.355. The van der Waals surface area contributed by atoms with Crippen LogP contribution < -0.4 is 20.3 Å². The Kier molecular flexibility index (Phi) is 9.10. The van der Waals surface area contributed by atoms with Crippen molar-refractivity contribution in [3.8, 4) is 5.75 Å². The minimum absolute atomic E-state index is 0.148. The molecule has 0 unspecified atom stereocenters. The summed E-state index contributed by atoms with van der Waals surface area (Å²) in [6, 6.07) is 14.5. The summed E-state index contributed by atoms with van der Waals surface area (Å²) in [6.07, 6.45) is 8.96. The number of ether oxygens (including phenoxy) is 2. The minimum Gasteiger partial charge on any atom is -0.491 e. The zero-order valence-corrected chi connectivity index (χ0v) is 23.3. The molecule has 2 N–H and O–H groups in total. The van der Waals surface area contributed by atoms with Gasteiger partial charge in [0.25, 0.3) is 0 Å². The van der Waals surface area contributed by atoms with Gasteiger partial charge in [0.1, 0.15) is 12.4 Å². The van der Waals surface area contributed by atoms with Crippen LogP contribution in [0.5, 0.6) is 5.75 Å². The predicted octanol–water partition coefficient (Wildman–Crippen LogP) is 6.02. The van der Waals surface area contributed by atoms with Crippen LogP contribution in [0.4, 0.5) is 33.6 Å². The second-order valence-electron chi connectivity index (χ2n) is 10.3. The Bertz CT molecular complexity index is 1370. The van der Waals surface area contributed by atoms with Crippen molar-refractivity contribution in [1.82, 2.24) is 14.9 Å². The molecule has 2 heterocycles. The van der Waals surface area contributed by atoms with Crippen molar-refractivity contribution in [2.45, 2.75) is 38.6 Å². The highest BCUT2D eigenvalue weighted by Gasteiger charge is 2.34. The van der Waals surface area contributed by atoms with Gasteiger partial charge in [-0.15, -0.1) is 0 Å². The summed E-state index contributed by atoms with van der Waals surface area (Å²) < 4.78 is 10.7. The van der Waals surface area contributed by atoms with Crippen molar-refractivity contribution in [2.75, 3.05) is 42.4 Å². The number of nitrogens with one attached hydrogen (secondary N) is 2. The fourth-order valence-electron chi connectivity index (χ4n) is 5.24. The lowest BCUT2D eigenvalue weighted by Gasteiger charge is -2.36. The first kappa shape index (κ1) is 28.1. The van der Waals surface area contributed by atoms with E-state index < -0.39 is 0 Å². The molecule has 1 saturated carbocycles. The lowest BCUT2D eigenvalue weighted by Crippen LogP contribution is -2.46. The summed E-state index contributed by atoms with van der Waals surface area (Å²) in [5.74, 6) is 1.95. The van der Waals surface area contributed by atoms with Gasteiger partial charge in [-0.05, 0) is 60.9 Å². The number of fused-ring (bicyclic) bond motifs is 1. The molecule has 3 amide bonds. The Balaban J connectivity index is 1.41. The number of carbonyl (C=O) groups is 2. The monoisotopic (exact) mass is 556 g/mol. The van der Waals surface area contributed by atoms with Gasteiger partial charge >= 0.3 is 6.03 Å². The third-order valence-electron chi connectivity index (χ3n) is 7.38. The number of urea groups is 1. The van der Waals surface area contributed by atoms with E-state index in [9.17, 15) is 9.59 Å². The van der Waals surface area contributed by atoms with E-state index in [2.05, 4.69) is 22.2 Å². The van der Waals surface area contributed by atoms with Crippen LogP contribution >= 0.6 is 0 Å². The second kappa shape index (κ2) is 13.3. The number of nitrogens with zero attached hydrogens (tertiary/aromatic N) is 4. The van der Waals surface area contributed by atoms with Crippen LogP contribution in [0.1, 0.15) is 37.7 Å². The van der Waals surface area contributed by atoms with E-state index in [1.807, 2.05) is 35.2 Å². The molecule has 0 radical (unpaired) electrons. The molecular formula is C31H36N6O4. The smallest absolute Gasteiger partial charge is 0.330 e. The molecule has 41 heavy (non-hydrogen) atoms. The lowest BCUT2D eigenvalue weighted by molar-refractivity contribution is -0.111. The Hall–Kier alpha value is -4.44. The van der Waals surface area contributed by atoms with Crippen LogP contribution in [-0.4, -0.2) is 53.7 Å². The van der Waals surface area contributed by atoms with Crippen molar-refractivity contribution in [3.05, 3.63) is 72.9 Å². The van der Waals surface area contributed by atoms with Crippen molar-refractivity contribution < 1.29 is 19.1 Å². The average molecular weight is 557 g/mol. The molecule has 0 saturated heterocycles. The predicted molar refractivity (Wildman–Crippen MR) is 159 cm³/mol. The zero-order chi connectivity index (χ0) is 28.6. The number of amides is 3. The van der Waals surface area contributed by atoms with Gasteiger partial charge in [0.15, 0.2) is 5.82 Å². The first-order chi connectivity index (χ1) is 20.0. The number of methoxy groups -OCH3 is 1. The van der Waals surface area contributed by atoms with Crippen LogP contribution in [0.15, 0.2) is 67.4 Å². The second-order valence-corrected chi connectivity index (χ2v) is 10.3. The van der Waals surface area contributed by atoms with Crippen molar-refractivity contribution >= 4 is 40.8 Å². The third kappa shape index (κ3) is 7.01. The molecule has 2 aromatic carbocycles. The molecule has 1 aliphatic carbocycles. The SMILES string of the molecule is C=CC(=O)Nc1cccc(N2C(=O)N(CCC3CCCC3)Cc3cnc(Nc4ccc(OCCOC)cc4)nc32)c1. The van der Waals surface area contributed by atoms with Crippen molar-refractivity contribution in [2.24, 2.45) is 5.92 Å². The zero-order valence-electron chi connectivity index (χ0n) is 23.3. The van der Waals surface area contributed by atoms with Gasteiger partial charge in [0, 0.05) is 36.8 Å². The van der Waals surface area contributed by atoms with Gasteiger partial charge in [-0.3, -0.25) is 4.79 Å². The standard InChI is InChI=1S/C31H36N6O4/c1-3-28(38)33-25-9-6-10-26(19-25)37-29-23(21-36(31(37)39)16-15-22-7-4-5-8-22)20-32-30(35-29)34-24-11-13-27(14-12-24)41-18-17-40-2/h3,6,9-14,19-20,22H,1,4-5,7-8,15-18,21H2,2H3,(H,33,38)(H,32,34,35). The summed E-state index contributed by atoms with van der Waals surface area (Å²) >= 11 is 0. The first-order valence-corrected chi connectivity index (χ1v) is 14.0.